The van der Waals surface area contributed by atoms with Gasteiger partial charge < -0.3 is 14.2 Å². The highest BCUT2D eigenvalue weighted by Gasteiger charge is 2.16. The maximum absolute atomic E-state index is 12.3. The molecular weight excluding hydrogens is 290 g/mol. The highest BCUT2D eigenvalue weighted by molar-refractivity contribution is 5.89. The van der Waals surface area contributed by atoms with Crippen molar-refractivity contribution in [2.24, 2.45) is 0 Å². The third kappa shape index (κ3) is 3.02. The van der Waals surface area contributed by atoms with Gasteiger partial charge in [-0.05, 0) is 51.0 Å². The van der Waals surface area contributed by atoms with Crippen LogP contribution in [0.1, 0.15) is 41.2 Å². The lowest BCUT2D eigenvalue weighted by atomic mass is 10.0. The number of fused-ring (bicyclic) bond motifs is 1. The first-order valence-electron chi connectivity index (χ1n) is 7.77. The van der Waals surface area contributed by atoms with Gasteiger partial charge in [0.05, 0.1) is 18.7 Å². The molecule has 3 aromatic rings. The van der Waals surface area contributed by atoms with Crippen LogP contribution in [-0.2, 0) is 11.2 Å². The van der Waals surface area contributed by atoms with Gasteiger partial charge in [-0.2, -0.15) is 0 Å². The van der Waals surface area contributed by atoms with Crippen molar-refractivity contribution in [3.63, 3.8) is 0 Å². The lowest BCUT2D eigenvalue weighted by Crippen LogP contribution is -2.27. The van der Waals surface area contributed by atoms with Gasteiger partial charge >= 0.3 is 0 Å². The lowest BCUT2D eigenvalue weighted by molar-refractivity contribution is -0.121. The van der Waals surface area contributed by atoms with Gasteiger partial charge in [-0.3, -0.25) is 4.79 Å². The van der Waals surface area contributed by atoms with Crippen LogP contribution in [0.2, 0.25) is 0 Å². The zero-order valence-electron chi connectivity index (χ0n) is 13.9. The molecule has 1 amide bonds. The second-order valence-corrected chi connectivity index (χ2v) is 6.06. The molecule has 0 aliphatic heterocycles. The van der Waals surface area contributed by atoms with E-state index >= 15 is 0 Å². The summed E-state index contributed by atoms with van der Waals surface area (Å²) in [7, 11) is 0. The maximum atomic E-state index is 12.3. The van der Waals surface area contributed by atoms with Crippen molar-refractivity contribution < 1.29 is 13.6 Å². The van der Waals surface area contributed by atoms with Crippen LogP contribution in [0.15, 0.2) is 39.4 Å². The standard InChI is InChI=1S/C19H21NO3/c1-11-5-7-16-15(10-22-19(16)13(11)3)9-18(21)20-14(4)17-8-6-12(2)23-17/h5-8,10,14H,9H2,1-4H3,(H,20,21). The zero-order chi connectivity index (χ0) is 16.6. The van der Waals surface area contributed by atoms with Crippen molar-refractivity contribution in [2.75, 3.05) is 0 Å². The van der Waals surface area contributed by atoms with E-state index in [1.165, 1.54) is 5.56 Å². The molecule has 0 bridgehead atoms. The highest BCUT2D eigenvalue weighted by atomic mass is 16.3. The van der Waals surface area contributed by atoms with E-state index in [0.29, 0.717) is 6.42 Å². The van der Waals surface area contributed by atoms with Crippen LogP contribution >= 0.6 is 0 Å². The SMILES string of the molecule is Cc1ccc(C(C)NC(=O)Cc2coc3c(C)c(C)ccc23)o1. The van der Waals surface area contributed by atoms with Crippen LogP contribution in [0.25, 0.3) is 11.0 Å². The predicted octanol–water partition coefficient (Wildman–Crippen LogP) is 4.37. The van der Waals surface area contributed by atoms with Gasteiger partial charge in [-0.15, -0.1) is 0 Å². The lowest BCUT2D eigenvalue weighted by Gasteiger charge is -2.11. The van der Waals surface area contributed by atoms with E-state index in [-0.39, 0.29) is 11.9 Å². The number of carbonyl (C=O) groups excluding carboxylic acids is 1. The Morgan fingerprint density at radius 1 is 1.17 bits per heavy atom. The molecule has 0 aliphatic rings. The van der Waals surface area contributed by atoms with Crippen LogP contribution in [0, 0.1) is 20.8 Å². The van der Waals surface area contributed by atoms with Gasteiger partial charge in [0.15, 0.2) is 0 Å². The molecule has 23 heavy (non-hydrogen) atoms. The number of nitrogens with one attached hydrogen (secondary N) is 1. The summed E-state index contributed by atoms with van der Waals surface area (Å²) < 4.78 is 11.2. The molecule has 0 saturated heterocycles. The molecule has 120 valence electrons. The minimum atomic E-state index is -0.154. The Morgan fingerprint density at radius 3 is 2.65 bits per heavy atom. The Balaban J connectivity index is 1.74. The number of hydrogen-bond acceptors (Lipinski definition) is 3. The molecule has 1 N–H and O–H groups in total. The first-order valence-corrected chi connectivity index (χ1v) is 7.77. The molecule has 0 spiro atoms. The molecule has 2 aromatic heterocycles. The Kier molecular flexibility index (Phi) is 3.99. The van der Waals surface area contributed by atoms with Crippen LogP contribution in [0.5, 0.6) is 0 Å². The third-order valence-corrected chi connectivity index (χ3v) is 4.26. The molecule has 2 heterocycles. The van der Waals surface area contributed by atoms with Gasteiger partial charge in [0.2, 0.25) is 5.91 Å². The first kappa shape index (κ1) is 15.4. The third-order valence-electron chi connectivity index (χ3n) is 4.26. The molecule has 3 rings (SSSR count). The van der Waals surface area contributed by atoms with Crippen molar-refractivity contribution in [3.05, 3.63) is 58.7 Å². The fraction of sp³-hybridized carbons (Fsp3) is 0.316. The second kappa shape index (κ2) is 5.95. The summed E-state index contributed by atoms with van der Waals surface area (Å²) in [4.78, 5) is 12.3. The molecule has 4 heteroatoms. The Hall–Kier alpha value is -2.49. The minimum Gasteiger partial charge on any atom is -0.464 e. The number of carbonyl (C=O) groups is 1. The van der Waals surface area contributed by atoms with Crippen molar-refractivity contribution in [1.82, 2.24) is 5.32 Å². The predicted molar refractivity (Wildman–Crippen MR) is 89.4 cm³/mol. The molecule has 4 nitrogen and oxygen atoms in total. The summed E-state index contributed by atoms with van der Waals surface area (Å²) in [6, 6.07) is 7.71. The Labute approximate surface area is 135 Å². The van der Waals surface area contributed by atoms with E-state index in [9.17, 15) is 4.79 Å². The van der Waals surface area contributed by atoms with Gasteiger partial charge in [0.25, 0.3) is 0 Å². The van der Waals surface area contributed by atoms with Crippen molar-refractivity contribution in [3.8, 4) is 0 Å². The van der Waals surface area contributed by atoms with E-state index in [1.54, 1.807) is 6.26 Å². The second-order valence-electron chi connectivity index (χ2n) is 6.06. The quantitative estimate of drug-likeness (QED) is 0.778. The highest BCUT2D eigenvalue weighted by Crippen LogP contribution is 2.27. The van der Waals surface area contributed by atoms with Gasteiger partial charge in [0, 0.05) is 10.9 Å². The van der Waals surface area contributed by atoms with E-state index < -0.39 is 0 Å². The zero-order valence-corrected chi connectivity index (χ0v) is 13.9. The van der Waals surface area contributed by atoms with E-state index in [0.717, 1.165) is 33.6 Å². The average Bonchev–Trinajstić information content (AvgIpc) is 3.10. The minimum absolute atomic E-state index is 0.0486. The van der Waals surface area contributed by atoms with E-state index in [2.05, 4.69) is 18.3 Å². The fourth-order valence-corrected chi connectivity index (χ4v) is 2.75. The summed E-state index contributed by atoms with van der Waals surface area (Å²) in [6.07, 6.45) is 1.97. The number of aryl methyl sites for hydroxylation is 3. The number of hydrogen-bond donors (Lipinski definition) is 1. The van der Waals surface area contributed by atoms with Gasteiger partial charge in [-0.1, -0.05) is 12.1 Å². The molecular formula is C19H21NO3. The maximum Gasteiger partial charge on any atom is 0.225 e. The van der Waals surface area contributed by atoms with E-state index in [1.807, 2.05) is 39.0 Å². The van der Waals surface area contributed by atoms with Crippen molar-refractivity contribution >= 4 is 16.9 Å². The number of benzene rings is 1. The summed E-state index contributed by atoms with van der Waals surface area (Å²) in [6.45, 7) is 7.89. The smallest absolute Gasteiger partial charge is 0.225 e. The Bertz CT molecular complexity index is 857. The molecule has 0 aliphatic carbocycles. The van der Waals surface area contributed by atoms with Crippen LogP contribution in [0.4, 0.5) is 0 Å². The molecule has 1 atom stereocenters. The number of furan rings is 2. The monoisotopic (exact) mass is 311 g/mol. The fourth-order valence-electron chi connectivity index (χ4n) is 2.75. The van der Waals surface area contributed by atoms with Crippen LogP contribution in [0.3, 0.4) is 0 Å². The number of amides is 1. The van der Waals surface area contributed by atoms with E-state index in [4.69, 9.17) is 8.83 Å². The van der Waals surface area contributed by atoms with Crippen LogP contribution in [-0.4, -0.2) is 5.91 Å². The van der Waals surface area contributed by atoms with Gasteiger partial charge in [0.1, 0.15) is 17.1 Å². The topological polar surface area (TPSA) is 55.4 Å². The summed E-state index contributed by atoms with van der Waals surface area (Å²) in [5.74, 6) is 1.56. The number of rotatable bonds is 4. The Morgan fingerprint density at radius 2 is 1.96 bits per heavy atom. The van der Waals surface area contributed by atoms with Crippen LogP contribution < -0.4 is 5.32 Å². The van der Waals surface area contributed by atoms with Crippen molar-refractivity contribution in [2.45, 2.75) is 40.2 Å². The largest absolute Gasteiger partial charge is 0.464 e. The first-order chi connectivity index (χ1) is 11.0. The summed E-state index contributed by atoms with van der Waals surface area (Å²) in [5.41, 5.74) is 4.07. The molecule has 1 unspecified atom stereocenters. The molecule has 1 aromatic carbocycles. The molecule has 0 fully saturated rings. The average molecular weight is 311 g/mol. The van der Waals surface area contributed by atoms with Crippen molar-refractivity contribution in [1.29, 1.82) is 0 Å². The normalized spacial score (nSPS) is 12.5. The summed E-state index contributed by atoms with van der Waals surface area (Å²) >= 11 is 0. The molecule has 0 saturated carbocycles. The summed E-state index contributed by atoms with van der Waals surface area (Å²) in [5, 5.41) is 3.97. The van der Waals surface area contributed by atoms with Gasteiger partial charge in [-0.25, -0.2) is 0 Å². The molecule has 0 radical (unpaired) electrons.